The SMILES string of the molecule is C1CC1.ON=Cc1ccccc1Cl. The molecule has 0 saturated heterocycles. The average Bonchev–Trinajstić information content (AvgIpc) is 2.95. The molecule has 0 heterocycles. The standard InChI is InChI=1S/C7H6ClNO.C3H6/c8-7-4-2-1-3-6(7)5-9-10;1-2-3-1/h1-5,10H;1-3H2. The third-order valence-electron chi connectivity index (χ3n) is 1.46. The minimum atomic E-state index is 0.584. The third-order valence-corrected chi connectivity index (χ3v) is 1.80. The van der Waals surface area contributed by atoms with E-state index in [0.717, 1.165) is 0 Å². The van der Waals surface area contributed by atoms with Crippen molar-refractivity contribution >= 4 is 17.8 Å². The minimum absolute atomic E-state index is 0.584. The lowest BCUT2D eigenvalue weighted by Gasteiger charge is -1.92. The van der Waals surface area contributed by atoms with E-state index < -0.39 is 0 Å². The molecule has 0 atom stereocenters. The fourth-order valence-electron chi connectivity index (χ4n) is 0.642. The van der Waals surface area contributed by atoms with Crippen molar-refractivity contribution in [3.05, 3.63) is 34.9 Å². The summed E-state index contributed by atoms with van der Waals surface area (Å²) in [6.07, 6.45) is 5.79. The summed E-state index contributed by atoms with van der Waals surface area (Å²) >= 11 is 5.70. The third kappa shape index (κ3) is 4.53. The van der Waals surface area contributed by atoms with Crippen LogP contribution in [0.2, 0.25) is 5.02 Å². The molecule has 1 aromatic rings. The van der Waals surface area contributed by atoms with Crippen LogP contribution >= 0.6 is 11.6 Å². The number of hydrogen-bond donors (Lipinski definition) is 1. The summed E-state index contributed by atoms with van der Waals surface area (Å²) < 4.78 is 0. The number of nitrogens with zero attached hydrogens (tertiary/aromatic N) is 1. The molecule has 1 fully saturated rings. The van der Waals surface area contributed by atoms with Gasteiger partial charge in [-0.1, -0.05) is 54.2 Å². The Bertz CT molecular complexity index is 281. The summed E-state index contributed by atoms with van der Waals surface area (Å²) in [7, 11) is 0. The van der Waals surface area contributed by atoms with Crippen molar-refractivity contribution in [2.75, 3.05) is 0 Å². The zero-order valence-corrected chi connectivity index (χ0v) is 8.04. The average molecular weight is 198 g/mol. The predicted octanol–water partition coefficient (Wildman–Crippen LogP) is 3.32. The Balaban J connectivity index is 0.000000236. The lowest BCUT2D eigenvalue weighted by molar-refractivity contribution is 0.322. The number of benzene rings is 1. The Hall–Kier alpha value is -1.02. The predicted molar refractivity (Wildman–Crippen MR) is 54.7 cm³/mol. The van der Waals surface area contributed by atoms with Crippen molar-refractivity contribution in [2.24, 2.45) is 5.16 Å². The highest BCUT2D eigenvalue weighted by molar-refractivity contribution is 6.33. The molecule has 0 aliphatic heterocycles. The van der Waals surface area contributed by atoms with Crippen molar-refractivity contribution in [3.63, 3.8) is 0 Å². The lowest BCUT2D eigenvalue weighted by atomic mass is 10.2. The van der Waals surface area contributed by atoms with Crippen molar-refractivity contribution in [1.29, 1.82) is 0 Å². The van der Waals surface area contributed by atoms with Crippen LogP contribution in [0.1, 0.15) is 24.8 Å². The number of hydrogen-bond acceptors (Lipinski definition) is 2. The van der Waals surface area contributed by atoms with E-state index in [-0.39, 0.29) is 0 Å². The first-order chi connectivity index (χ1) is 6.34. The second-order valence-corrected chi connectivity index (χ2v) is 3.23. The van der Waals surface area contributed by atoms with Gasteiger partial charge < -0.3 is 5.21 Å². The van der Waals surface area contributed by atoms with Crippen LogP contribution in [-0.4, -0.2) is 11.4 Å². The molecule has 2 rings (SSSR count). The quantitative estimate of drug-likeness (QED) is 0.418. The molecule has 0 radical (unpaired) electrons. The molecule has 0 bridgehead atoms. The van der Waals surface area contributed by atoms with E-state index in [9.17, 15) is 0 Å². The first-order valence-corrected chi connectivity index (χ1v) is 4.64. The van der Waals surface area contributed by atoms with Gasteiger partial charge in [-0.3, -0.25) is 0 Å². The summed E-state index contributed by atoms with van der Waals surface area (Å²) in [6.45, 7) is 0. The van der Waals surface area contributed by atoms with Crippen LogP contribution in [0, 0.1) is 0 Å². The summed E-state index contributed by atoms with van der Waals surface area (Å²) in [6, 6.07) is 7.14. The highest BCUT2D eigenvalue weighted by Gasteiger charge is 1.95. The zero-order valence-electron chi connectivity index (χ0n) is 7.28. The maximum absolute atomic E-state index is 8.15. The van der Waals surface area contributed by atoms with E-state index in [4.69, 9.17) is 16.8 Å². The van der Waals surface area contributed by atoms with Crippen LogP contribution in [0.4, 0.5) is 0 Å². The molecule has 1 N–H and O–H groups in total. The van der Waals surface area contributed by atoms with Gasteiger partial charge in [-0.2, -0.15) is 0 Å². The molecule has 1 aliphatic carbocycles. The summed E-state index contributed by atoms with van der Waals surface area (Å²) in [4.78, 5) is 0. The number of halogens is 1. The van der Waals surface area contributed by atoms with Crippen LogP contribution in [-0.2, 0) is 0 Å². The maximum Gasteiger partial charge on any atom is 0.0748 e. The van der Waals surface area contributed by atoms with Gasteiger partial charge >= 0.3 is 0 Å². The van der Waals surface area contributed by atoms with Gasteiger partial charge in [-0.05, 0) is 6.07 Å². The Morgan fingerprint density at radius 3 is 2.31 bits per heavy atom. The largest absolute Gasteiger partial charge is 0.411 e. The van der Waals surface area contributed by atoms with Gasteiger partial charge in [0.15, 0.2) is 0 Å². The Morgan fingerprint density at radius 1 is 1.23 bits per heavy atom. The molecular formula is C10H12ClNO. The van der Waals surface area contributed by atoms with Gasteiger partial charge in [0.05, 0.1) is 6.21 Å². The van der Waals surface area contributed by atoms with E-state index >= 15 is 0 Å². The molecule has 2 nitrogen and oxygen atoms in total. The van der Waals surface area contributed by atoms with Gasteiger partial charge in [0.25, 0.3) is 0 Å². The molecule has 0 spiro atoms. The second kappa shape index (κ2) is 5.60. The van der Waals surface area contributed by atoms with E-state index in [0.29, 0.717) is 10.6 Å². The van der Waals surface area contributed by atoms with Gasteiger partial charge in [-0.15, -0.1) is 0 Å². The summed E-state index contributed by atoms with van der Waals surface area (Å²) in [5, 5.41) is 11.6. The van der Waals surface area contributed by atoms with Gasteiger partial charge in [0.1, 0.15) is 0 Å². The Morgan fingerprint density at radius 2 is 1.85 bits per heavy atom. The van der Waals surface area contributed by atoms with Crippen LogP contribution in [0.25, 0.3) is 0 Å². The molecule has 1 saturated carbocycles. The first kappa shape index (κ1) is 10.1. The first-order valence-electron chi connectivity index (χ1n) is 4.26. The number of oxime groups is 1. The smallest absolute Gasteiger partial charge is 0.0748 e. The van der Waals surface area contributed by atoms with Crippen LogP contribution in [0.15, 0.2) is 29.4 Å². The molecule has 0 amide bonds. The fourth-order valence-corrected chi connectivity index (χ4v) is 0.827. The Kier molecular flexibility index (Phi) is 4.33. The molecule has 70 valence electrons. The fraction of sp³-hybridized carbons (Fsp3) is 0.300. The molecule has 3 heteroatoms. The topological polar surface area (TPSA) is 32.6 Å². The molecule has 1 aliphatic rings. The van der Waals surface area contributed by atoms with Crippen LogP contribution < -0.4 is 0 Å². The lowest BCUT2D eigenvalue weighted by Crippen LogP contribution is -1.80. The van der Waals surface area contributed by atoms with Gasteiger partial charge in [-0.25, -0.2) is 0 Å². The van der Waals surface area contributed by atoms with E-state index in [1.54, 1.807) is 12.1 Å². The van der Waals surface area contributed by atoms with Crippen molar-refractivity contribution in [3.8, 4) is 0 Å². The summed E-state index contributed by atoms with van der Waals surface area (Å²) in [5.74, 6) is 0. The van der Waals surface area contributed by atoms with Crippen LogP contribution in [0.3, 0.4) is 0 Å². The highest BCUT2D eigenvalue weighted by Crippen LogP contribution is 2.14. The van der Waals surface area contributed by atoms with Gasteiger partial charge in [0, 0.05) is 10.6 Å². The molecule has 0 unspecified atom stereocenters. The normalized spacial score (nSPS) is 13.6. The molecule has 1 aromatic carbocycles. The molecular weight excluding hydrogens is 186 g/mol. The maximum atomic E-state index is 8.15. The van der Waals surface area contributed by atoms with E-state index in [1.807, 2.05) is 12.1 Å². The zero-order chi connectivity index (χ0) is 9.52. The van der Waals surface area contributed by atoms with Crippen LogP contribution in [0.5, 0.6) is 0 Å². The minimum Gasteiger partial charge on any atom is -0.411 e. The Labute approximate surface area is 82.8 Å². The number of rotatable bonds is 1. The van der Waals surface area contributed by atoms with E-state index in [1.165, 1.54) is 25.5 Å². The molecule has 0 aromatic heterocycles. The van der Waals surface area contributed by atoms with Gasteiger partial charge in [0.2, 0.25) is 0 Å². The molecule has 13 heavy (non-hydrogen) atoms. The second-order valence-electron chi connectivity index (χ2n) is 2.83. The highest BCUT2D eigenvalue weighted by atomic mass is 35.5. The monoisotopic (exact) mass is 197 g/mol. The van der Waals surface area contributed by atoms with E-state index in [2.05, 4.69) is 5.16 Å². The van der Waals surface area contributed by atoms with Crippen molar-refractivity contribution in [1.82, 2.24) is 0 Å². The van der Waals surface area contributed by atoms with Crippen molar-refractivity contribution < 1.29 is 5.21 Å². The summed E-state index contributed by atoms with van der Waals surface area (Å²) in [5.41, 5.74) is 0.715. The van der Waals surface area contributed by atoms with Crippen molar-refractivity contribution in [2.45, 2.75) is 19.3 Å².